The van der Waals surface area contributed by atoms with Gasteiger partial charge in [-0.1, -0.05) is 13.8 Å². The summed E-state index contributed by atoms with van der Waals surface area (Å²) < 4.78 is 22.4. The third-order valence-corrected chi connectivity index (χ3v) is 7.47. The monoisotopic (exact) mass is 452 g/mol. The van der Waals surface area contributed by atoms with Gasteiger partial charge in [0.1, 0.15) is 6.10 Å². The number of carbonyl (C=O) groups excluding carboxylic acids is 3. The molecule has 7 atom stereocenters. The van der Waals surface area contributed by atoms with E-state index in [0.29, 0.717) is 32.7 Å². The summed E-state index contributed by atoms with van der Waals surface area (Å²) >= 11 is 0. The lowest BCUT2D eigenvalue weighted by Gasteiger charge is -2.36. The molecule has 9 nitrogen and oxygen atoms in total. The highest BCUT2D eigenvalue weighted by Crippen LogP contribution is 2.60. The number of esters is 2. The van der Waals surface area contributed by atoms with Crippen molar-refractivity contribution >= 4 is 17.8 Å². The summed E-state index contributed by atoms with van der Waals surface area (Å²) in [5.41, 5.74) is 0. The number of rotatable bonds is 8. The molecule has 9 heteroatoms. The molecular weight excluding hydrogens is 416 g/mol. The molecule has 1 amide bonds. The van der Waals surface area contributed by atoms with E-state index in [-0.39, 0.29) is 48.3 Å². The molecule has 2 bridgehead atoms. The van der Waals surface area contributed by atoms with E-state index >= 15 is 0 Å². The van der Waals surface area contributed by atoms with Gasteiger partial charge in [-0.3, -0.25) is 19.3 Å². The fraction of sp³-hybridized carbons (Fsp3) is 0.870. The molecule has 2 saturated carbocycles. The Morgan fingerprint density at radius 3 is 2.41 bits per heavy atom. The first-order chi connectivity index (χ1) is 15.2. The van der Waals surface area contributed by atoms with E-state index in [4.69, 9.17) is 18.9 Å². The van der Waals surface area contributed by atoms with Crippen LogP contribution in [0.15, 0.2) is 0 Å². The minimum absolute atomic E-state index is 0.00804. The SMILES string of the molecule is COC(OC(=O)C1C2CC3C1C(=O)N(C(C)C)C3C2OC(=O)CN1CCOCC1)C(C)C. The van der Waals surface area contributed by atoms with Crippen LogP contribution in [0.25, 0.3) is 0 Å². The number of morpholine rings is 1. The fourth-order valence-corrected chi connectivity index (χ4v) is 6.21. The number of fused-ring (bicyclic) bond motifs is 1. The smallest absolute Gasteiger partial charge is 0.320 e. The Morgan fingerprint density at radius 2 is 1.81 bits per heavy atom. The zero-order valence-electron chi connectivity index (χ0n) is 19.7. The minimum Gasteiger partial charge on any atom is -0.459 e. The molecule has 0 spiro atoms. The third-order valence-electron chi connectivity index (χ3n) is 7.47. The zero-order chi connectivity index (χ0) is 23.2. The first-order valence-electron chi connectivity index (χ1n) is 11.8. The van der Waals surface area contributed by atoms with Crippen molar-refractivity contribution in [2.45, 2.75) is 58.6 Å². The molecule has 0 aromatic heterocycles. The lowest BCUT2D eigenvalue weighted by molar-refractivity contribution is -0.193. The Kier molecular flexibility index (Phi) is 6.79. The molecule has 2 heterocycles. The number of methoxy groups -OCH3 is 1. The van der Waals surface area contributed by atoms with Crippen LogP contribution in [0, 0.1) is 29.6 Å². The van der Waals surface area contributed by atoms with E-state index in [0.717, 1.165) is 0 Å². The number of hydrogen-bond acceptors (Lipinski definition) is 8. The summed E-state index contributed by atoms with van der Waals surface area (Å²) in [5, 5.41) is 0. The van der Waals surface area contributed by atoms with Gasteiger partial charge in [-0.2, -0.15) is 0 Å². The summed E-state index contributed by atoms with van der Waals surface area (Å²) in [6.07, 6.45) is -0.465. The average molecular weight is 453 g/mol. The molecule has 32 heavy (non-hydrogen) atoms. The van der Waals surface area contributed by atoms with Gasteiger partial charge < -0.3 is 23.8 Å². The topological polar surface area (TPSA) is 94.6 Å². The number of carbonyl (C=O) groups is 3. The molecule has 4 aliphatic rings. The Hall–Kier alpha value is -1.71. The van der Waals surface area contributed by atoms with Crippen molar-refractivity contribution in [2.24, 2.45) is 29.6 Å². The van der Waals surface area contributed by atoms with Gasteiger partial charge in [-0.25, -0.2) is 0 Å². The van der Waals surface area contributed by atoms with Gasteiger partial charge in [0, 0.05) is 38.1 Å². The molecular formula is C23H36N2O7. The van der Waals surface area contributed by atoms with Gasteiger partial charge in [-0.05, 0) is 26.2 Å². The summed E-state index contributed by atoms with van der Waals surface area (Å²) in [6, 6.07) is -0.199. The van der Waals surface area contributed by atoms with Crippen molar-refractivity contribution in [3.63, 3.8) is 0 Å². The van der Waals surface area contributed by atoms with Gasteiger partial charge in [-0.15, -0.1) is 0 Å². The van der Waals surface area contributed by atoms with Crippen molar-refractivity contribution < 1.29 is 33.3 Å². The van der Waals surface area contributed by atoms with E-state index in [1.54, 1.807) is 0 Å². The molecule has 7 unspecified atom stereocenters. The molecule has 4 fully saturated rings. The summed E-state index contributed by atoms with van der Waals surface area (Å²) in [4.78, 5) is 43.2. The predicted molar refractivity (Wildman–Crippen MR) is 113 cm³/mol. The van der Waals surface area contributed by atoms with E-state index in [1.165, 1.54) is 7.11 Å². The lowest BCUT2D eigenvalue weighted by Crippen LogP contribution is -2.50. The van der Waals surface area contributed by atoms with E-state index in [1.807, 2.05) is 37.5 Å². The Morgan fingerprint density at radius 1 is 1.12 bits per heavy atom. The van der Waals surface area contributed by atoms with Crippen LogP contribution in [0.5, 0.6) is 0 Å². The molecule has 0 aromatic rings. The molecule has 2 saturated heterocycles. The highest BCUT2D eigenvalue weighted by molar-refractivity contribution is 5.90. The van der Waals surface area contributed by atoms with Crippen LogP contribution in [-0.4, -0.2) is 92.1 Å². The standard InChI is InChI=1S/C23H36N2O7/c1-12(2)23(29-5)32-22(28)18-15-10-14-17(18)21(27)25(13(3)4)19(14)20(15)31-16(26)11-24-6-8-30-9-7-24/h12-15,17-20,23H,6-11H2,1-5H3. The minimum atomic E-state index is -0.669. The van der Waals surface area contributed by atoms with Crippen LogP contribution < -0.4 is 0 Å². The summed E-state index contributed by atoms with van der Waals surface area (Å²) in [7, 11) is 1.51. The lowest BCUT2D eigenvalue weighted by atomic mass is 9.78. The quantitative estimate of drug-likeness (QED) is 0.396. The number of amides is 1. The fourth-order valence-electron chi connectivity index (χ4n) is 6.21. The van der Waals surface area contributed by atoms with Crippen molar-refractivity contribution in [1.82, 2.24) is 9.80 Å². The zero-order valence-corrected chi connectivity index (χ0v) is 19.7. The Balaban J connectivity index is 1.53. The number of nitrogens with zero attached hydrogens (tertiary/aromatic N) is 2. The van der Waals surface area contributed by atoms with Gasteiger partial charge >= 0.3 is 11.9 Å². The number of ether oxygens (including phenoxy) is 4. The second-order valence-electron chi connectivity index (χ2n) is 10.1. The first-order valence-corrected chi connectivity index (χ1v) is 11.8. The molecule has 2 aliphatic heterocycles. The van der Waals surface area contributed by atoms with Crippen LogP contribution in [0.1, 0.15) is 34.1 Å². The van der Waals surface area contributed by atoms with Crippen LogP contribution in [-0.2, 0) is 33.3 Å². The maximum absolute atomic E-state index is 13.3. The van der Waals surface area contributed by atoms with Crippen LogP contribution in [0.2, 0.25) is 0 Å². The summed E-state index contributed by atoms with van der Waals surface area (Å²) in [6.45, 7) is 10.5. The predicted octanol–water partition coefficient (Wildman–Crippen LogP) is 0.903. The van der Waals surface area contributed by atoms with Gasteiger partial charge in [0.05, 0.1) is 37.6 Å². The molecule has 180 valence electrons. The van der Waals surface area contributed by atoms with Crippen molar-refractivity contribution in [3.05, 3.63) is 0 Å². The molecule has 0 radical (unpaired) electrons. The van der Waals surface area contributed by atoms with Gasteiger partial charge in [0.2, 0.25) is 12.2 Å². The summed E-state index contributed by atoms with van der Waals surface area (Å²) in [5.74, 6) is -1.98. The van der Waals surface area contributed by atoms with Gasteiger partial charge in [0.15, 0.2) is 0 Å². The first kappa shape index (κ1) is 23.4. The molecule has 0 aromatic carbocycles. The Bertz CT molecular complexity index is 736. The molecule has 0 N–H and O–H groups in total. The maximum Gasteiger partial charge on any atom is 0.320 e. The van der Waals surface area contributed by atoms with E-state index < -0.39 is 30.2 Å². The number of hydrogen-bond donors (Lipinski definition) is 0. The number of likely N-dealkylation sites (tertiary alicyclic amines) is 1. The normalized spacial score (nSPS) is 35.1. The molecule has 4 rings (SSSR count). The van der Waals surface area contributed by atoms with Gasteiger partial charge in [0.25, 0.3) is 0 Å². The molecule has 2 aliphatic carbocycles. The third kappa shape index (κ3) is 4.03. The largest absolute Gasteiger partial charge is 0.459 e. The van der Waals surface area contributed by atoms with E-state index in [2.05, 4.69) is 0 Å². The second-order valence-corrected chi connectivity index (χ2v) is 10.1. The average Bonchev–Trinajstić information content (AvgIpc) is 3.35. The van der Waals surface area contributed by atoms with E-state index in [9.17, 15) is 14.4 Å². The van der Waals surface area contributed by atoms with Crippen LogP contribution >= 0.6 is 0 Å². The highest BCUT2D eigenvalue weighted by Gasteiger charge is 2.71. The Labute approximate surface area is 189 Å². The second kappa shape index (κ2) is 9.27. The van der Waals surface area contributed by atoms with Crippen molar-refractivity contribution in [1.29, 1.82) is 0 Å². The van der Waals surface area contributed by atoms with Crippen molar-refractivity contribution in [3.8, 4) is 0 Å². The van der Waals surface area contributed by atoms with Crippen LogP contribution in [0.4, 0.5) is 0 Å². The van der Waals surface area contributed by atoms with Crippen molar-refractivity contribution in [2.75, 3.05) is 40.0 Å². The highest BCUT2D eigenvalue weighted by atomic mass is 16.7. The maximum atomic E-state index is 13.3. The van der Waals surface area contributed by atoms with Crippen LogP contribution in [0.3, 0.4) is 0 Å².